The van der Waals surface area contributed by atoms with Gasteiger partial charge in [0.15, 0.2) is 11.8 Å². The molecule has 5 aromatic rings. The first kappa shape index (κ1) is 68.9. The van der Waals surface area contributed by atoms with Gasteiger partial charge in [-0.05, 0) is 183 Å². The summed E-state index contributed by atoms with van der Waals surface area (Å²) in [6.07, 6.45) is 30.1. The number of hydrogen-bond acceptors (Lipinski definition) is 10. The van der Waals surface area contributed by atoms with Crippen LogP contribution in [-0.4, -0.2) is 109 Å². The van der Waals surface area contributed by atoms with Crippen LogP contribution in [0.25, 0.3) is 21.9 Å². The Hall–Kier alpha value is -7.07. The number of anilines is 3. The van der Waals surface area contributed by atoms with Crippen LogP contribution >= 0.6 is 7.82 Å². The molecule has 1 aromatic heterocycles. The van der Waals surface area contributed by atoms with E-state index in [4.69, 9.17) is 9.41 Å². The van der Waals surface area contributed by atoms with E-state index in [-0.39, 0.29) is 34.8 Å². The summed E-state index contributed by atoms with van der Waals surface area (Å²) in [6, 6.07) is 17.5. The van der Waals surface area contributed by atoms with E-state index < -0.39 is 31.7 Å². The summed E-state index contributed by atoms with van der Waals surface area (Å²) in [5, 5.41) is 12.1. The number of nitrogens with zero attached hydrogens (tertiary/aromatic N) is 5. The molecule has 0 spiro atoms. The normalized spacial score (nSPS) is 20.4. The van der Waals surface area contributed by atoms with Crippen molar-refractivity contribution >= 4 is 70.3 Å². The predicted molar refractivity (Wildman–Crippen MR) is 382 cm³/mol. The number of allylic oxidation sites excluding steroid dienone is 6. The molecular formula is C78H103FN8O8P+. The molecule has 4 atom stereocenters. The quantitative estimate of drug-likeness (QED) is 0.0110. The average Bonchev–Trinajstić information content (AvgIpc) is 1.19. The van der Waals surface area contributed by atoms with Gasteiger partial charge in [-0.3, -0.25) is 29.2 Å². The first-order chi connectivity index (χ1) is 46.3. The summed E-state index contributed by atoms with van der Waals surface area (Å²) < 4.78 is 41.4. The second kappa shape index (κ2) is 30.0. The summed E-state index contributed by atoms with van der Waals surface area (Å²) >= 11 is 0. The topological polar surface area (TPSA) is 192 Å². The zero-order valence-electron chi connectivity index (χ0n) is 57.7. The first-order valence-electron chi connectivity index (χ1n) is 36.3. The Labute approximate surface area is 567 Å². The number of benzene rings is 4. The summed E-state index contributed by atoms with van der Waals surface area (Å²) in [6.45, 7) is 17.5. The number of para-hydroxylation sites is 1. The number of carbonyl (C=O) groups is 3. The molecule has 7 aliphatic rings. The zero-order valence-corrected chi connectivity index (χ0v) is 58.6. The Bertz CT molecular complexity index is 3900. The van der Waals surface area contributed by atoms with Gasteiger partial charge >= 0.3 is 7.82 Å². The molecule has 0 saturated heterocycles. The van der Waals surface area contributed by atoms with E-state index in [0.717, 1.165) is 137 Å². The Kier molecular flexibility index (Phi) is 21.5. The molecule has 6 aliphatic heterocycles. The summed E-state index contributed by atoms with van der Waals surface area (Å²) in [7, 11) is -2.70. The van der Waals surface area contributed by atoms with Crippen LogP contribution in [0.15, 0.2) is 100 Å². The molecule has 0 radical (unpaired) electrons. The van der Waals surface area contributed by atoms with Gasteiger partial charge in [0.2, 0.25) is 18.0 Å². The Morgan fingerprint density at radius 3 is 2.06 bits per heavy atom. The SMILES string of the molecule is Cc1ccc(OP(=O)(O)O)c(C(F)C(=O)NCCCCCCNC(=O)C(CCCCN=c2c3cc4c5c(c3oc3c6c7c(cc23)CCCN7CCC6)CCCN5CCC4)NC(=O)CCCCCN2C(=CC=CC=CC3=[N+](C)C4CCCCC4C3(C)C)C(C)(C)c3ccccc32)c1. The molecule has 4 aromatic carbocycles. The van der Waals surface area contributed by atoms with Gasteiger partial charge in [-0.1, -0.05) is 87.6 Å². The van der Waals surface area contributed by atoms with Crippen molar-refractivity contribution in [2.45, 2.75) is 206 Å². The summed E-state index contributed by atoms with van der Waals surface area (Å²) in [5.41, 5.74) is 15.8. The number of rotatable bonds is 27. The van der Waals surface area contributed by atoms with E-state index in [1.165, 1.54) is 100 Å². The summed E-state index contributed by atoms with van der Waals surface area (Å²) in [5.74, 6) is -0.967. The maximum atomic E-state index is 15.4. The van der Waals surface area contributed by atoms with Crippen molar-refractivity contribution in [1.82, 2.24) is 16.0 Å². The molecule has 12 rings (SSSR count). The number of phosphoric acid groups is 1. The highest BCUT2D eigenvalue weighted by Gasteiger charge is 2.53. The van der Waals surface area contributed by atoms with E-state index in [1.54, 1.807) is 6.92 Å². The van der Waals surface area contributed by atoms with Gasteiger partial charge in [0.1, 0.15) is 30.0 Å². The van der Waals surface area contributed by atoms with E-state index >= 15 is 4.39 Å². The lowest BCUT2D eigenvalue weighted by Gasteiger charge is -2.38. The highest BCUT2D eigenvalue weighted by molar-refractivity contribution is 7.46. The van der Waals surface area contributed by atoms with Crippen molar-refractivity contribution in [3.05, 3.63) is 135 Å². The van der Waals surface area contributed by atoms with Crippen LogP contribution in [0.1, 0.15) is 195 Å². The number of carbonyl (C=O) groups excluding carboxylic acids is 3. The molecule has 96 heavy (non-hydrogen) atoms. The lowest BCUT2D eigenvalue weighted by molar-refractivity contribution is -0.538. The van der Waals surface area contributed by atoms with Crippen molar-refractivity contribution < 1.29 is 46.6 Å². The van der Waals surface area contributed by atoms with E-state index in [0.29, 0.717) is 75.6 Å². The monoisotopic (exact) mass is 1330 g/mol. The molecule has 4 unspecified atom stereocenters. The number of fused-ring (bicyclic) bond motifs is 6. The Morgan fingerprint density at radius 1 is 0.760 bits per heavy atom. The van der Waals surface area contributed by atoms with Gasteiger partial charge in [0.05, 0.1) is 10.8 Å². The number of hydrogen-bond donors (Lipinski definition) is 5. The molecule has 3 amide bonds. The first-order valence-corrected chi connectivity index (χ1v) is 37.8. The van der Waals surface area contributed by atoms with Crippen molar-refractivity contribution in [2.75, 3.05) is 74.1 Å². The largest absolute Gasteiger partial charge is 0.524 e. The van der Waals surface area contributed by atoms with Gasteiger partial charge in [-0.15, -0.1) is 0 Å². The maximum absolute atomic E-state index is 15.4. The van der Waals surface area contributed by atoms with Crippen LogP contribution in [0.3, 0.4) is 0 Å². The third-order valence-electron chi connectivity index (χ3n) is 22.1. The van der Waals surface area contributed by atoms with Gasteiger partial charge in [0.25, 0.3) is 5.91 Å². The molecule has 1 aliphatic carbocycles. The molecule has 18 heteroatoms. The van der Waals surface area contributed by atoms with Crippen LogP contribution in [0, 0.1) is 18.3 Å². The molecule has 7 heterocycles. The number of alkyl halides is 1. The van der Waals surface area contributed by atoms with Crippen LogP contribution in [0.5, 0.6) is 5.75 Å². The standard InChI is InChI=1S/C78H102FN8O8P/c1-52-39-40-65(95-96(91,92)93)57(49-52)69(79)76(90)82-43-20-8-7-19-42-81-75(89)62(33-18-21-41-80-70-58-50-53-27-23-44-85-46-25-29-55(71(53)85)73(58)94-74-56-30-26-47-86-45-24-28-54(72(56)86)51-59(70)74)83-68(88)38-13-10-22-48-87-64-35-17-15-32-61(64)78(4,5)67(87)37-12-9-11-36-66-77(2,3)60-31-14-16-34-63(60)84(66)6/h9,11-12,15,17,32,35-37,39-40,49-51,60,62-63,69H,7-8,10,13-14,16,18-31,33-34,38,41-48H2,1-6H3,(H4-,81,82,83,88,89,90,91,92,93)/p+1. The molecule has 1 saturated carbocycles. The third-order valence-corrected chi connectivity index (χ3v) is 22.5. The van der Waals surface area contributed by atoms with Crippen molar-refractivity contribution in [2.24, 2.45) is 16.3 Å². The number of amides is 3. The lowest BCUT2D eigenvalue weighted by atomic mass is 9.69. The molecular weight excluding hydrogens is 1230 g/mol. The number of phosphoric ester groups is 1. The lowest BCUT2D eigenvalue weighted by Crippen LogP contribution is -2.47. The van der Waals surface area contributed by atoms with Gasteiger partial charge < -0.3 is 39.6 Å². The smallest absolute Gasteiger partial charge is 0.455 e. The fraction of sp³-hybridized carbons (Fsp3) is 0.551. The van der Waals surface area contributed by atoms with Crippen LogP contribution in [0.4, 0.5) is 21.5 Å². The summed E-state index contributed by atoms with van der Waals surface area (Å²) in [4.78, 5) is 72.9. The number of aryl methyl sites for hydroxylation is 5. The zero-order chi connectivity index (χ0) is 67.3. The molecule has 0 bridgehead atoms. The van der Waals surface area contributed by atoms with Crippen molar-refractivity contribution in [3.8, 4) is 5.75 Å². The molecule has 16 nitrogen and oxygen atoms in total. The molecule has 514 valence electrons. The van der Waals surface area contributed by atoms with Crippen molar-refractivity contribution in [3.63, 3.8) is 0 Å². The van der Waals surface area contributed by atoms with Crippen molar-refractivity contribution in [1.29, 1.82) is 0 Å². The highest BCUT2D eigenvalue weighted by atomic mass is 31.2. The fourth-order valence-corrected chi connectivity index (χ4v) is 17.8. The number of nitrogens with one attached hydrogen (secondary N) is 3. The average molecular weight is 1330 g/mol. The van der Waals surface area contributed by atoms with Crippen LogP contribution in [-0.2, 0) is 50.0 Å². The highest BCUT2D eigenvalue weighted by Crippen LogP contribution is 2.50. The minimum atomic E-state index is -4.99. The van der Waals surface area contributed by atoms with Crippen LogP contribution in [0.2, 0.25) is 0 Å². The van der Waals surface area contributed by atoms with Gasteiger partial charge in [0, 0.05) is 133 Å². The van der Waals surface area contributed by atoms with E-state index in [2.05, 4.69) is 141 Å². The third kappa shape index (κ3) is 14.8. The van der Waals surface area contributed by atoms with Gasteiger partial charge in [-0.25, -0.2) is 13.5 Å². The molecule has 5 N–H and O–H groups in total. The Balaban J connectivity index is 0.689. The number of unbranched alkanes of at least 4 members (excludes halogenated alkanes) is 6. The fourth-order valence-electron chi connectivity index (χ4n) is 17.4. The van der Waals surface area contributed by atoms with E-state index in [9.17, 15) is 28.7 Å². The predicted octanol–water partition coefficient (Wildman–Crippen LogP) is 13.9. The minimum Gasteiger partial charge on any atom is -0.455 e. The minimum absolute atomic E-state index is 0.136. The van der Waals surface area contributed by atoms with E-state index in [1.807, 2.05) is 0 Å². The second-order valence-corrected chi connectivity index (χ2v) is 30.5. The second-order valence-electron chi connectivity index (χ2n) is 29.4. The number of halogens is 1. The maximum Gasteiger partial charge on any atom is 0.524 e. The molecule has 1 fully saturated rings. The van der Waals surface area contributed by atoms with Crippen LogP contribution < -0.4 is 40.5 Å². The Morgan fingerprint density at radius 2 is 1.40 bits per heavy atom. The van der Waals surface area contributed by atoms with Gasteiger partial charge in [-0.2, -0.15) is 0 Å².